The van der Waals surface area contributed by atoms with Gasteiger partial charge >= 0.3 is 0 Å². The summed E-state index contributed by atoms with van der Waals surface area (Å²) >= 11 is 0. The molecule has 0 aliphatic heterocycles. The van der Waals surface area contributed by atoms with E-state index in [1.54, 1.807) is 12.5 Å². The van der Waals surface area contributed by atoms with Gasteiger partial charge in [0.1, 0.15) is 0 Å². The number of fused-ring (bicyclic) bond motifs is 2. The number of aryl methyl sites for hydroxylation is 1. The Kier molecular flexibility index (Phi) is 3.59. The molecule has 2 aliphatic carbocycles. The van der Waals surface area contributed by atoms with Gasteiger partial charge in [-0.2, -0.15) is 0 Å². The minimum atomic E-state index is 0.0442. The van der Waals surface area contributed by atoms with Crippen LogP contribution in [0.3, 0.4) is 0 Å². The van der Waals surface area contributed by atoms with Crippen LogP contribution in [0, 0.1) is 13.8 Å². The van der Waals surface area contributed by atoms with Gasteiger partial charge in [-0.25, -0.2) is 0 Å². The molecule has 114 valence electrons. The van der Waals surface area contributed by atoms with Crippen molar-refractivity contribution in [2.24, 2.45) is 0 Å². The zero-order valence-corrected chi connectivity index (χ0v) is 13.8. The normalized spacial score (nSPS) is 23.1. The van der Waals surface area contributed by atoms with Gasteiger partial charge in [0.05, 0.1) is 0 Å². The zero-order valence-electron chi connectivity index (χ0n) is 13.8. The first-order valence-corrected chi connectivity index (χ1v) is 8.37. The van der Waals surface area contributed by atoms with Gasteiger partial charge in [-0.05, 0) is 66.7 Å². The SMILES string of the molecule is CC(=O)Nc1c(C)c(C)cc2c1C(C)CC21CCCCC1. The van der Waals surface area contributed by atoms with E-state index in [0.717, 1.165) is 5.69 Å². The van der Waals surface area contributed by atoms with E-state index in [1.165, 1.54) is 55.2 Å². The van der Waals surface area contributed by atoms with Crippen LogP contribution in [-0.4, -0.2) is 5.91 Å². The van der Waals surface area contributed by atoms with Gasteiger partial charge in [0.25, 0.3) is 0 Å². The van der Waals surface area contributed by atoms with E-state index in [4.69, 9.17) is 0 Å². The second-order valence-electron chi connectivity index (χ2n) is 7.28. The highest BCUT2D eigenvalue weighted by molar-refractivity contribution is 5.91. The highest BCUT2D eigenvalue weighted by atomic mass is 16.1. The van der Waals surface area contributed by atoms with Gasteiger partial charge in [-0.15, -0.1) is 0 Å². The molecule has 1 amide bonds. The summed E-state index contributed by atoms with van der Waals surface area (Å²) in [6, 6.07) is 2.42. The summed E-state index contributed by atoms with van der Waals surface area (Å²) in [7, 11) is 0. The molecule has 0 saturated heterocycles. The molecule has 0 heterocycles. The molecule has 1 spiro atoms. The summed E-state index contributed by atoms with van der Waals surface area (Å²) in [5.74, 6) is 0.599. The number of hydrogen-bond acceptors (Lipinski definition) is 1. The average Bonchev–Trinajstić information content (AvgIpc) is 2.68. The Morgan fingerprint density at radius 2 is 1.90 bits per heavy atom. The topological polar surface area (TPSA) is 29.1 Å². The minimum absolute atomic E-state index is 0.0442. The Hall–Kier alpha value is -1.31. The molecule has 1 aromatic rings. The molecular formula is C19H27NO. The van der Waals surface area contributed by atoms with E-state index in [-0.39, 0.29) is 5.91 Å². The van der Waals surface area contributed by atoms with Crippen molar-refractivity contribution >= 4 is 11.6 Å². The number of carbonyl (C=O) groups excluding carboxylic acids is 1. The minimum Gasteiger partial charge on any atom is -0.326 e. The average molecular weight is 285 g/mol. The molecule has 2 nitrogen and oxygen atoms in total. The molecule has 1 unspecified atom stereocenters. The Morgan fingerprint density at radius 1 is 1.24 bits per heavy atom. The van der Waals surface area contributed by atoms with Crippen LogP contribution < -0.4 is 5.32 Å². The summed E-state index contributed by atoms with van der Waals surface area (Å²) in [6.45, 7) is 8.27. The lowest BCUT2D eigenvalue weighted by molar-refractivity contribution is -0.114. The van der Waals surface area contributed by atoms with E-state index in [1.807, 2.05) is 0 Å². The number of hydrogen-bond donors (Lipinski definition) is 1. The Morgan fingerprint density at radius 3 is 2.52 bits per heavy atom. The third-order valence-electron chi connectivity index (χ3n) is 5.76. The van der Waals surface area contributed by atoms with Gasteiger partial charge in [-0.1, -0.05) is 32.3 Å². The molecule has 21 heavy (non-hydrogen) atoms. The van der Waals surface area contributed by atoms with Crippen LogP contribution in [0.25, 0.3) is 0 Å². The van der Waals surface area contributed by atoms with Crippen LogP contribution in [0.2, 0.25) is 0 Å². The maximum Gasteiger partial charge on any atom is 0.221 e. The summed E-state index contributed by atoms with van der Waals surface area (Å²) in [4.78, 5) is 11.6. The summed E-state index contributed by atoms with van der Waals surface area (Å²) < 4.78 is 0. The molecule has 1 fully saturated rings. The van der Waals surface area contributed by atoms with Crippen LogP contribution in [-0.2, 0) is 10.2 Å². The lowest BCUT2D eigenvalue weighted by Gasteiger charge is -2.35. The first-order chi connectivity index (χ1) is 9.94. The molecule has 3 rings (SSSR count). The van der Waals surface area contributed by atoms with Gasteiger partial charge in [0.2, 0.25) is 5.91 Å². The maximum atomic E-state index is 11.6. The smallest absolute Gasteiger partial charge is 0.221 e. The highest BCUT2D eigenvalue weighted by Crippen LogP contribution is 2.56. The molecule has 2 heteroatoms. The van der Waals surface area contributed by atoms with Crippen molar-refractivity contribution in [3.63, 3.8) is 0 Å². The number of rotatable bonds is 1. The van der Waals surface area contributed by atoms with E-state index in [0.29, 0.717) is 11.3 Å². The van der Waals surface area contributed by atoms with Crippen LogP contribution in [0.4, 0.5) is 5.69 Å². The molecule has 0 radical (unpaired) electrons. The van der Waals surface area contributed by atoms with Gasteiger partial charge in [0, 0.05) is 12.6 Å². The molecular weight excluding hydrogens is 258 g/mol. The summed E-state index contributed by atoms with van der Waals surface area (Å²) in [6.07, 6.45) is 8.01. The van der Waals surface area contributed by atoms with Crippen molar-refractivity contribution in [3.8, 4) is 0 Å². The second kappa shape index (κ2) is 5.15. The fourth-order valence-corrected chi connectivity index (χ4v) is 4.72. The summed E-state index contributed by atoms with van der Waals surface area (Å²) in [5.41, 5.74) is 7.02. The van der Waals surface area contributed by atoms with Crippen LogP contribution in [0.1, 0.15) is 80.5 Å². The molecule has 2 aliphatic rings. The van der Waals surface area contributed by atoms with Gasteiger partial charge in [-0.3, -0.25) is 4.79 Å². The lowest BCUT2D eigenvalue weighted by Crippen LogP contribution is -2.26. The van der Waals surface area contributed by atoms with Crippen molar-refractivity contribution in [3.05, 3.63) is 28.3 Å². The summed E-state index contributed by atoms with van der Waals surface area (Å²) in [5, 5.41) is 3.13. The quantitative estimate of drug-likeness (QED) is 0.775. The Bertz CT molecular complexity index is 582. The number of amides is 1. The first kappa shape index (κ1) is 14.6. The van der Waals surface area contributed by atoms with Crippen LogP contribution >= 0.6 is 0 Å². The van der Waals surface area contributed by atoms with E-state index >= 15 is 0 Å². The number of anilines is 1. The second-order valence-corrected chi connectivity index (χ2v) is 7.28. The standard InChI is InChI=1S/C19H27NO/c1-12-10-16-17(18(14(12)3)20-15(4)21)13(2)11-19(16)8-6-5-7-9-19/h10,13H,5-9,11H2,1-4H3,(H,20,21). The third-order valence-corrected chi connectivity index (χ3v) is 5.76. The molecule has 1 saturated carbocycles. The Balaban J connectivity index is 2.17. The zero-order chi connectivity index (χ0) is 15.2. The van der Waals surface area contributed by atoms with Crippen molar-refractivity contribution in [1.82, 2.24) is 0 Å². The number of carbonyl (C=O) groups is 1. The van der Waals surface area contributed by atoms with Crippen molar-refractivity contribution in [1.29, 1.82) is 0 Å². The molecule has 1 aromatic carbocycles. The monoisotopic (exact) mass is 285 g/mol. The fraction of sp³-hybridized carbons (Fsp3) is 0.632. The fourth-order valence-electron chi connectivity index (χ4n) is 4.72. The van der Waals surface area contributed by atoms with E-state index < -0.39 is 0 Å². The number of benzene rings is 1. The largest absolute Gasteiger partial charge is 0.326 e. The van der Waals surface area contributed by atoms with Gasteiger partial charge in [0.15, 0.2) is 0 Å². The van der Waals surface area contributed by atoms with Crippen molar-refractivity contribution in [2.45, 2.75) is 77.6 Å². The number of nitrogens with one attached hydrogen (secondary N) is 1. The predicted octanol–water partition coefficient (Wildman–Crippen LogP) is 4.97. The third kappa shape index (κ3) is 2.29. The van der Waals surface area contributed by atoms with Crippen molar-refractivity contribution in [2.75, 3.05) is 5.32 Å². The highest BCUT2D eigenvalue weighted by Gasteiger charge is 2.44. The lowest BCUT2D eigenvalue weighted by atomic mass is 9.69. The van der Waals surface area contributed by atoms with Crippen LogP contribution in [0.5, 0.6) is 0 Å². The van der Waals surface area contributed by atoms with Crippen LogP contribution in [0.15, 0.2) is 6.07 Å². The van der Waals surface area contributed by atoms with E-state index in [9.17, 15) is 4.79 Å². The van der Waals surface area contributed by atoms with Crippen molar-refractivity contribution < 1.29 is 4.79 Å². The first-order valence-electron chi connectivity index (χ1n) is 8.37. The molecule has 0 aromatic heterocycles. The Labute approximate surface area is 128 Å². The molecule has 1 N–H and O–H groups in total. The molecule has 1 atom stereocenters. The van der Waals surface area contributed by atoms with E-state index in [2.05, 4.69) is 32.2 Å². The maximum absolute atomic E-state index is 11.6. The van der Waals surface area contributed by atoms with Gasteiger partial charge < -0.3 is 5.32 Å². The predicted molar refractivity (Wildman–Crippen MR) is 88.0 cm³/mol. The molecule has 0 bridgehead atoms.